The van der Waals surface area contributed by atoms with Crippen LogP contribution in [0.1, 0.15) is 25.3 Å². The van der Waals surface area contributed by atoms with Crippen molar-refractivity contribution in [2.24, 2.45) is 0 Å². The summed E-state index contributed by atoms with van der Waals surface area (Å²) in [4.78, 5) is 45.4. The van der Waals surface area contributed by atoms with Crippen molar-refractivity contribution in [2.75, 3.05) is 48.9 Å². The summed E-state index contributed by atoms with van der Waals surface area (Å²) in [6, 6.07) is 24.6. The first-order chi connectivity index (χ1) is 19.4. The van der Waals surface area contributed by atoms with E-state index in [-0.39, 0.29) is 24.4 Å². The minimum absolute atomic E-state index is 0.0442. The smallest absolute Gasteiger partial charge is 0.321 e. The van der Waals surface area contributed by atoms with Crippen LogP contribution in [-0.4, -0.2) is 66.6 Å². The Morgan fingerprint density at radius 2 is 1.57 bits per heavy atom. The number of ether oxygens (including phenoxy) is 1. The molecule has 4 amide bonds. The standard InChI is InChI=1S/C31H35N5O4/c1-3-23-13-15-24(16-14-23)32-28(37)21-35-22-36(25-9-5-4-6-10-25)31(29(35)38)17-19-34(20-18-31)30(39)33-26-11-7-8-12-27(26)40-2/h4-16H,3,17-22H2,1-2H3,(H,32,37)(H,33,39). The Balaban J connectivity index is 1.29. The molecule has 0 atom stereocenters. The van der Waals surface area contributed by atoms with Crippen LogP contribution in [0, 0.1) is 0 Å². The van der Waals surface area contributed by atoms with Crippen LogP contribution in [0.25, 0.3) is 0 Å². The minimum Gasteiger partial charge on any atom is -0.495 e. The summed E-state index contributed by atoms with van der Waals surface area (Å²) in [5.41, 5.74) is 2.58. The van der Waals surface area contributed by atoms with Gasteiger partial charge in [0.25, 0.3) is 5.91 Å². The normalized spacial score (nSPS) is 16.2. The highest BCUT2D eigenvalue weighted by atomic mass is 16.5. The van der Waals surface area contributed by atoms with Gasteiger partial charge in [-0.05, 0) is 61.2 Å². The molecule has 2 aliphatic rings. The lowest BCUT2D eigenvalue weighted by Crippen LogP contribution is -2.58. The molecule has 0 aliphatic carbocycles. The molecule has 0 unspecified atom stereocenters. The van der Waals surface area contributed by atoms with Crippen LogP contribution in [0.3, 0.4) is 0 Å². The number of urea groups is 1. The molecule has 2 fully saturated rings. The highest BCUT2D eigenvalue weighted by Gasteiger charge is 2.54. The van der Waals surface area contributed by atoms with Gasteiger partial charge in [0.15, 0.2) is 0 Å². The second-order valence-electron chi connectivity index (χ2n) is 10.2. The number of para-hydroxylation sites is 3. The largest absolute Gasteiger partial charge is 0.495 e. The van der Waals surface area contributed by atoms with Crippen LogP contribution in [0.5, 0.6) is 5.75 Å². The van der Waals surface area contributed by atoms with Gasteiger partial charge in [-0.1, -0.05) is 49.4 Å². The number of piperidine rings is 1. The van der Waals surface area contributed by atoms with Gasteiger partial charge < -0.3 is 30.1 Å². The fourth-order valence-corrected chi connectivity index (χ4v) is 5.54. The van der Waals surface area contributed by atoms with E-state index in [1.165, 1.54) is 5.56 Å². The molecule has 9 nitrogen and oxygen atoms in total. The molecular weight excluding hydrogens is 506 g/mol. The van der Waals surface area contributed by atoms with Crippen molar-refractivity contribution >= 4 is 34.9 Å². The minimum atomic E-state index is -0.828. The molecule has 2 saturated heterocycles. The van der Waals surface area contributed by atoms with E-state index >= 15 is 0 Å². The van der Waals surface area contributed by atoms with E-state index in [2.05, 4.69) is 22.5 Å². The number of benzene rings is 3. The number of nitrogens with zero attached hydrogens (tertiary/aromatic N) is 3. The average Bonchev–Trinajstić information content (AvgIpc) is 3.24. The van der Waals surface area contributed by atoms with Gasteiger partial charge in [0, 0.05) is 24.5 Å². The van der Waals surface area contributed by atoms with Crippen molar-refractivity contribution in [3.05, 3.63) is 84.4 Å². The number of methoxy groups -OCH3 is 1. The number of rotatable bonds is 7. The summed E-state index contributed by atoms with van der Waals surface area (Å²) in [6.45, 7) is 3.15. The first-order valence-electron chi connectivity index (χ1n) is 13.6. The van der Waals surface area contributed by atoms with Crippen molar-refractivity contribution in [1.82, 2.24) is 9.80 Å². The van der Waals surface area contributed by atoms with E-state index in [4.69, 9.17) is 4.74 Å². The summed E-state index contributed by atoms with van der Waals surface area (Å²) < 4.78 is 5.36. The van der Waals surface area contributed by atoms with Crippen LogP contribution in [0.15, 0.2) is 78.9 Å². The first-order valence-corrected chi connectivity index (χ1v) is 13.6. The van der Waals surface area contributed by atoms with Crippen molar-refractivity contribution in [1.29, 1.82) is 0 Å². The lowest BCUT2D eigenvalue weighted by atomic mass is 9.85. The molecule has 2 aliphatic heterocycles. The summed E-state index contributed by atoms with van der Waals surface area (Å²) in [5.74, 6) is 0.259. The Bertz CT molecular complexity index is 1350. The van der Waals surface area contributed by atoms with Gasteiger partial charge in [-0.2, -0.15) is 0 Å². The Kier molecular flexibility index (Phi) is 7.91. The van der Waals surface area contributed by atoms with Gasteiger partial charge in [0.2, 0.25) is 5.91 Å². The number of likely N-dealkylation sites (tertiary alicyclic amines) is 1. The third-order valence-corrected chi connectivity index (χ3v) is 7.79. The molecule has 2 N–H and O–H groups in total. The summed E-state index contributed by atoms with van der Waals surface area (Å²) >= 11 is 0. The number of hydrogen-bond acceptors (Lipinski definition) is 5. The summed E-state index contributed by atoms with van der Waals surface area (Å²) in [7, 11) is 1.56. The van der Waals surface area contributed by atoms with Gasteiger partial charge in [-0.15, -0.1) is 0 Å². The molecule has 9 heteroatoms. The van der Waals surface area contributed by atoms with Crippen LogP contribution < -0.4 is 20.3 Å². The summed E-state index contributed by atoms with van der Waals surface area (Å²) in [6.07, 6.45) is 1.83. The van der Waals surface area contributed by atoms with Crippen LogP contribution in [-0.2, 0) is 16.0 Å². The summed E-state index contributed by atoms with van der Waals surface area (Å²) in [5, 5.41) is 5.85. The lowest BCUT2D eigenvalue weighted by molar-refractivity contribution is -0.136. The molecule has 5 rings (SSSR count). The van der Waals surface area contributed by atoms with Crippen LogP contribution in [0.2, 0.25) is 0 Å². The quantitative estimate of drug-likeness (QED) is 0.457. The third kappa shape index (κ3) is 5.45. The number of carbonyl (C=O) groups excluding carboxylic acids is 3. The van der Waals surface area contributed by atoms with E-state index in [0.717, 1.165) is 12.1 Å². The molecule has 40 heavy (non-hydrogen) atoms. The van der Waals surface area contributed by atoms with Gasteiger partial charge in [-0.25, -0.2) is 4.79 Å². The molecule has 208 valence electrons. The SMILES string of the molecule is CCc1ccc(NC(=O)CN2CN(c3ccccc3)C3(CCN(C(=O)Nc4ccccc4OC)CC3)C2=O)cc1. The predicted octanol–water partition coefficient (Wildman–Crippen LogP) is 4.57. The van der Waals surface area contributed by atoms with E-state index in [9.17, 15) is 14.4 Å². The first kappa shape index (κ1) is 27.1. The van der Waals surface area contributed by atoms with E-state index in [1.807, 2.05) is 66.7 Å². The van der Waals surface area contributed by atoms with Gasteiger partial charge >= 0.3 is 6.03 Å². The van der Waals surface area contributed by atoms with Gasteiger partial charge in [-0.3, -0.25) is 9.59 Å². The number of amides is 4. The zero-order valence-electron chi connectivity index (χ0n) is 22.9. The number of anilines is 3. The fourth-order valence-electron chi connectivity index (χ4n) is 5.54. The molecule has 3 aromatic rings. The maximum atomic E-state index is 14.0. The Labute approximate surface area is 234 Å². The second-order valence-corrected chi connectivity index (χ2v) is 10.2. The molecule has 0 bridgehead atoms. The number of hydrogen-bond donors (Lipinski definition) is 2. The number of carbonyl (C=O) groups is 3. The highest BCUT2D eigenvalue weighted by Crippen LogP contribution is 2.39. The number of nitrogens with one attached hydrogen (secondary N) is 2. The third-order valence-electron chi connectivity index (χ3n) is 7.79. The molecule has 0 radical (unpaired) electrons. The fraction of sp³-hybridized carbons (Fsp3) is 0.323. The number of aryl methyl sites for hydroxylation is 1. The molecule has 3 aromatic carbocycles. The average molecular weight is 542 g/mol. The zero-order chi connectivity index (χ0) is 28.1. The maximum absolute atomic E-state index is 14.0. The van der Waals surface area contributed by atoms with Gasteiger partial charge in [0.05, 0.1) is 19.5 Å². The predicted molar refractivity (Wildman–Crippen MR) is 156 cm³/mol. The van der Waals surface area contributed by atoms with Crippen molar-refractivity contribution < 1.29 is 19.1 Å². The van der Waals surface area contributed by atoms with Crippen LogP contribution >= 0.6 is 0 Å². The maximum Gasteiger partial charge on any atom is 0.321 e. The Morgan fingerprint density at radius 1 is 0.900 bits per heavy atom. The highest BCUT2D eigenvalue weighted by molar-refractivity contribution is 5.99. The topological polar surface area (TPSA) is 94.2 Å². The van der Waals surface area contributed by atoms with Gasteiger partial charge in [0.1, 0.15) is 17.8 Å². The molecule has 1 spiro atoms. The van der Waals surface area contributed by atoms with E-state index in [1.54, 1.807) is 29.0 Å². The van der Waals surface area contributed by atoms with E-state index < -0.39 is 5.54 Å². The van der Waals surface area contributed by atoms with Crippen molar-refractivity contribution in [2.45, 2.75) is 31.7 Å². The molecule has 2 heterocycles. The van der Waals surface area contributed by atoms with E-state index in [0.29, 0.717) is 49.7 Å². The lowest BCUT2D eigenvalue weighted by Gasteiger charge is -2.43. The monoisotopic (exact) mass is 541 g/mol. The molecule has 0 aromatic heterocycles. The second kappa shape index (κ2) is 11.7. The van der Waals surface area contributed by atoms with Crippen molar-refractivity contribution in [3.63, 3.8) is 0 Å². The Morgan fingerprint density at radius 3 is 2.25 bits per heavy atom. The molecular formula is C31H35N5O4. The Hall–Kier alpha value is -4.53. The van der Waals surface area contributed by atoms with Crippen molar-refractivity contribution in [3.8, 4) is 5.75 Å². The molecule has 0 saturated carbocycles. The van der Waals surface area contributed by atoms with Crippen LogP contribution in [0.4, 0.5) is 21.9 Å². The zero-order valence-corrected chi connectivity index (χ0v) is 22.9.